The molecule has 0 atom stereocenters. The number of rotatable bonds is 6. The van der Waals surface area contributed by atoms with Crippen LogP contribution in [0.15, 0.2) is 64.6 Å². The lowest BCUT2D eigenvalue weighted by Crippen LogP contribution is -2.04. The second kappa shape index (κ2) is 8.07. The summed E-state index contributed by atoms with van der Waals surface area (Å²) in [5.74, 6) is 0.760. The predicted octanol–water partition coefficient (Wildman–Crippen LogP) is 4.11. The molecule has 0 saturated carbocycles. The fraction of sp³-hybridized carbons (Fsp3) is 0.111. The Morgan fingerprint density at radius 2 is 2.04 bits per heavy atom. The van der Waals surface area contributed by atoms with Crippen molar-refractivity contribution in [3.05, 3.63) is 69.8 Å². The molecule has 3 aromatic rings. The second-order valence-electron chi connectivity index (χ2n) is 5.20. The summed E-state index contributed by atoms with van der Waals surface area (Å²) in [6.07, 6.45) is 4.95. The number of hydrogen-bond donors (Lipinski definition) is 2. The quantitative estimate of drug-likeness (QED) is 0.350. The third-order valence-corrected chi connectivity index (χ3v) is 4.33. The van der Waals surface area contributed by atoms with Crippen LogP contribution in [-0.4, -0.2) is 18.2 Å². The van der Waals surface area contributed by atoms with Crippen molar-refractivity contribution in [2.45, 2.75) is 6.54 Å². The number of benzene rings is 2. The van der Waals surface area contributed by atoms with Gasteiger partial charge in [-0.15, -0.1) is 0 Å². The van der Waals surface area contributed by atoms with E-state index >= 15 is 0 Å². The molecule has 6 heteroatoms. The molecule has 0 aliphatic heterocycles. The minimum Gasteiger partial charge on any atom is -0.443 e. The molecule has 0 unspecified atom stereocenters. The summed E-state index contributed by atoms with van der Waals surface area (Å²) >= 11 is 2.28. The van der Waals surface area contributed by atoms with Gasteiger partial charge in [-0.05, 0) is 59.0 Å². The van der Waals surface area contributed by atoms with Gasteiger partial charge < -0.3 is 9.73 Å². The second-order valence-corrected chi connectivity index (χ2v) is 6.36. The molecule has 0 fully saturated rings. The third-order valence-electron chi connectivity index (χ3n) is 3.43. The summed E-state index contributed by atoms with van der Waals surface area (Å²) in [4.78, 5) is 3.95. The third kappa shape index (κ3) is 4.21. The van der Waals surface area contributed by atoms with Crippen LogP contribution in [0, 0.1) is 3.57 Å². The molecule has 0 amide bonds. The molecule has 1 aromatic heterocycles. The van der Waals surface area contributed by atoms with E-state index in [4.69, 9.17) is 4.42 Å². The van der Waals surface area contributed by atoms with Crippen LogP contribution in [0.3, 0.4) is 0 Å². The van der Waals surface area contributed by atoms with Crippen molar-refractivity contribution in [3.8, 4) is 11.3 Å². The summed E-state index contributed by atoms with van der Waals surface area (Å²) in [5.41, 5.74) is 7.29. The fourth-order valence-electron chi connectivity index (χ4n) is 2.24. The summed E-state index contributed by atoms with van der Waals surface area (Å²) in [6, 6.07) is 14.3. The van der Waals surface area contributed by atoms with E-state index in [1.807, 2.05) is 25.2 Å². The first kappa shape index (κ1) is 16.7. The molecule has 0 spiro atoms. The topological polar surface area (TPSA) is 62.5 Å². The van der Waals surface area contributed by atoms with E-state index in [0.29, 0.717) is 0 Å². The Bertz CT molecular complexity index is 814. The van der Waals surface area contributed by atoms with Crippen LogP contribution in [0.2, 0.25) is 0 Å². The lowest BCUT2D eigenvalue weighted by atomic mass is 10.1. The highest BCUT2D eigenvalue weighted by atomic mass is 127. The SMILES string of the molecule is CNCc1ccc(/C=N/Nc2ccc(-c3cnco3)c(I)c2)cc1. The van der Waals surface area contributed by atoms with Crippen LogP contribution >= 0.6 is 22.6 Å². The van der Waals surface area contributed by atoms with E-state index in [1.54, 1.807) is 12.4 Å². The van der Waals surface area contributed by atoms with E-state index in [-0.39, 0.29) is 0 Å². The van der Waals surface area contributed by atoms with Gasteiger partial charge in [-0.1, -0.05) is 24.3 Å². The summed E-state index contributed by atoms with van der Waals surface area (Å²) in [5, 5.41) is 7.42. The van der Waals surface area contributed by atoms with Crippen LogP contribution in [-0.2, 0) is 6.54 Å². The Morgan fingerprint density at radius 3 is 2.71 bits per heavy atom. The molecule has 0 saturated heterocycles. The van der Waals surface area contributed by atoms with E-state index in [9.17, 15) is 0 Å². The summed E-state index contributed by atoms with van der Waals surface area (Å²) in [7, 11) is 1.94. The zero-order valence-electron chi connectivity index (χ0n) is 13.2. The number of nitrogens with zero attached hydrogens (tertiary/aromatic N) is 2. The van der Waals surface area contributed by atoms with E-state index in [0.717, 1.165) is 32.7 Å². The predicted molar refractivity (Wildman–Crippen MR) is 105 cm³/mol. The largest absolute Gasteiger partial charge is 0.443 e. The van der Waals surface area contributed by atoms with Crippen LogP contribution in [0.5, 0.6) is 0 Å². The van der Waals surface area contributed by atoms with Crippen LogP contribution in [0.4, 0.5) is 5.69 Å². The number of oxazole rings is 1. The number of nitrogens with one attached hydrogen (secondary N) is 2. The Kier molecular flexibility index (Phi) is 5.60. The van der Waals surface area contributed by atoms with Gasteiger partial charge in [0, 0.05) is 15.7 Å². The molecule has 3 rings (SSSR count). The molecule has 1 heterocycles. The lowest BCUT2D eigenvalue weighted by Gasteiger charge is -2.05. The molecule has 24 heavy (non-hydrogen) atoms. The van der Waals surface area contributed by atoms with Crippen molar-refractivity contribution < 1.29 is 4.42 Å². The van der Waals surface area contributed by atoms with E-state index in [1.165, 1.54) is 12.0 Å². The first-order valence-corrected chi connectivity index (χ1v) is 8.55. The van der Waals surface area contributed by atoms with Gasteiger partial charge in [0.1, 0.15) is 0 Å². The maximum absolute atomic E-state index is 5.34. The van der Waals surface area contributed by atoms with Crippen molar-refractivity contribution in [1.29, 1.82) is 0 Å². The van der Waals surface area contributed by atoms with Crippen LogP contribution < -0.4 is 10.7 Å². The molecular weight excluding hydrogens is 415 g/mol. The van der Waals surface area contributed by atoms with E-state index in [2.05, 4.69) is 67.7 Å². The number of hydrazone groups is 1. The monoisotopic (exact) mass is 432 g/mol. The summed E-state index contributed by atoms with van der Waals surface area (Å²) in [6.45, 7) is 0.867. The van der Waals surface area contributed by atoms with Gasteiger partial charge in [0.2, 0.25) is 0 Å². The highest BCUT2D eigenvalue weighted by molar-refractivity contribution is 14.1. The molecule has 0 aliphatic carbocycles. The zero-order chi connectivity index (χ0) is 16.8. The van der Waals surface area contributed by atoms with Crippen molar-refractivity contribution in [2.24, 2.45) is 5.10 Å². The first-order chi connectivity index (χ1) is 11.8. The van der Waals surface area contributed by atoms with Gasteiger partial charge in [0.15, 0.2) is 12.2 Å². The smallest absolute Gasteiger partial charge is 0.181 e. The normalized spacial score (nSPS) is 11.1. The van der Waals surface area contributed by atoms with Gasteiger partial charge in [-0.3, -0.25) is 5.43 Å². The fourth-order valence-corrected chi connectivity index (χ4v) is 3.02. The van der Waals surface area contributed by atoms with Gasteiger partial charge in [0.05, 0.1) is 18.1 Å². The van der Waals surface area contributed by atoms with Gasteiger partial charge in [-0.25, -0.2) is 4.98 Å². The van der Waals surface area contributed by atoms with Crippen LogP contribution in [0.25, 0.3) is 11.3 Å². The maximum atomic E-state index is 5.34. The molecular formula is C18H17IN4O. The Balaban J connectivity index is 1.65. The molecule has 0 radical (unpaired) electrons. The van der Waals surface area contributed by atoms with Crippen LogP contribution in [0.1, 0.15) is 11.1 Å². The van der Waals surface area contributed by atoms with Crippen molar-refractivity contribution >= 4 is 34.5 Å². The number of anilines is 1. The zero-order valence-corrected chi connectivity index (χ0v) is 15.3. The molecule has 122 valence electrons. The Hall–Kier alpha value is -2.19. The van der Waals surface area contributed by atoms with Gasteiger partial charge in [0.25, 0.3) is 0 Å². The molecule has 0 bridgehead atoms. The van der Waals surface area contributed by atoms with E-state index < -0.39 is 0 Å². The highest BCUT2D eigenvalue weighted by Crippen LogP contribution is 2.27. The minimum atomic E-state index is 0.760. The van der Waals surface area contributed by atoms with Crippen molar-refractivity contribution in [1.82, 2.24) is 10.3 Å². The summed E-state index contributed by atoms with van der Waals surface area (Å²) < 4.78 is 6.41. The molecule has 2 aromatic carbocycles. The van der Waals surface area contributed by atoms with Crippen molar-refractivity contribution in [3.63, 3.8) is 0 Å². The average Bonchev–Trinajstić information content (AvgIpc) is 3.11. The maximum Gasteiger partial charge on any atom is 0.181 e. The van der Waals surface area contributed by atoms with Gasteiger partial charge in [-0.2, -0.15) is 5.10 Å². The Labute approximate surface area is 154 Å². The van der Waals surface area contributed by atoms with Gasteiger partial charge >= 0.3 is 0 Å². The Morgan fingerprint density at radius 1 is 1.21 bits per heavy atom. The first-order valence-electron chi connectivity index (χ1n) is 7.47. The minimum absolute atomic E-state index is 0.760. The standard InChI is InChI=1S/C18H17IN4O/c1-20-9-13-2-4-14(5-3-13)10-22-23-15-6-7-16(17(19)8-15)18-11-21-12-24-18/h2-8,10-12,20,23H,9H2,1H3/b22-10+. The molecule has 0 aliphatic rings. The molecule has 2 N–H and O–H groups in total. The lowest BCUT2D eigenvalue weighted by molar-refractivity contribution is 0.571. The molecule has 5 nitrogen and oxygen atoms in total. The number of hydrogen-bond acceptors (Lipinski definition) is 5. The number of halogens is 1. The average molecular weight is 432 g/mol. The van der Waals surface area contributed by atoms with Crippen molar-refractivity contribution in [2.75, 3.05) is 12.5 Å². The number of aromatic nitrogens is 1. The highest BCUT2D eigenvalue weighted by Gasteiger charge is 2.06.